The van der Waals surface area contributed by atoms with Crippen LogP contribution in [-0.2, 0) is 6.42 Å². The quantitative estimate of drug-likeness (QED) is 0.721. The predicted molar refractivity (Wildman–Crippen MR) is 98.1 cm³/mol. The van der Waals surface area contributed by atoms with Crippen LogP contribution in [0, 0.1) is 5.82 Å². The summed E-state index contributed by atoms with van der Waals surface area (Å²) in [5.41, 5.74) is 2.49. The zero-order valence-electron chi connectivity index (χ0n) is 14.4. The zero-order chi connectivity index (χ0) is 17.5. The standard InChI is InChI=1S/C21H25FN2O/c22-19-11-9-17(10-12-19)18-14-20(15-18)24-21(25)23-13-5-4-8-16-6-2-1-3-7-16/h1-3,6-7,9-12,18,20H,4-5,8,13-15H2,(H2,23,24,25). The van der Waals surface area contributed by atoms with Crippen molar-refractivity contribution in [2.45, 2.75) is 44.1 Å². The molecule has 0 bridgehead atoms. The fourth-order valence-electron chi connectivity index (χ4n) is 3.28. The van der Waals surface area contributed by atoms with Gasteiger partial charge in [-0.1, -0.05) is 42.5 Å². The number of urea groups is 1. The molecule has 25 heavy (non-hydrogen) atoms. The molecule has 1 fully saturated rings. The van der Waals surface area contributed by atoms with Gasteiger partial charge in [-0.15, -0.1) is 0 Å². The fraction of sp³-hybridized carbons (Fsp3) is 0.381. The Morgan fingerprint density at radius 3 is 2.44 bits per heavy atom. The Labute approximate surface area is 148 Å². The fourth-order valence-corrected chi connectivity index (χ4v) is 3.28. The molecular weight excluding hydrogens is 315 g/mol. The van der Waals surface area contributed by atoms with Gasteiger partial charge in [-0.3, -0.25) is 0 Å². The first-order valence-electron chi connectivity index (χ1n) is 9.04. The van der Waals surface area contributed by atoms with Crippen molar-refractivity contribution >= 4 is 6.03 Å². The van der Waals surface area contributed by atoms with Gasteiger partial charge in [0.1, 0.15) is 5.82 Å². The van der Waals surface area contributed by atoms with Crippen molar-refractivity contribution in [1.82, 2.24) is 10.6 Å². The number of benzene rings is 2. The van der Waals surface area contributed by atoms with Crippen LogP contribution < -0.4 is 10.6 Å². The van der Waals surface area contributed by atoms with Crippen molar-refractivity contribution in [3.63, 3.8) is 0 Å². The average molecular weight is 340 g/mol. The topological polar surface area (TPSA) is 41.1 Å². The maximum Gasteiger partial charge on any atom is 0.315 e. The zero-order valence-corrected chi connectivity index (χ0v) is 14.4. The van der Waals surface area contributed by atoms with Gasteiger partial charge < -0.3 is 10.6 Å². The summed E-state index contributed by atoms with van der Waals surface area (Å²) < 4.78 is 12.9. The Morgan fingerprint density at radius 1 is 1.00 bits per heavy atom. The average Bonchev–Trinajstić information content (AvgIpc) is 2.59. The highest BCUT2D eigenvalue weighted by atomic mass is 19.1. The van der Waals surface area contributed by atoms with E-state index in [1.807, 2.05) is 18.2 Å². The van der Waals surface area contributed by atoms with Crippen LogP contribution in [0.3, 0.4) is 0 Å². The first-order chi connectivity index (χ1) is 12.2. The third-order valence-electron chi connectivity index (χ3n) is 4.84. The number of hydrogen-bond donors (Lipinski definition) is 2. The van der Waals surface area contributed by atoms with Crippen LogP contribution in [0.25, 0.3) is 0 Å². The second kappa shape index (κ2) is 8.65. The highest BCUT2D eigenvalue weighted by Gasteiger charge is 2.31. The molecule has 0 atom stereocenters. The van der Waals surface area contributed by atoms with Gasteiger partial charge in [0.2, 0.25) is 0 Å². The van der Waals surface area contributed by atoms with E-state index in [2.05, 4.69) is 34.9 Å². The van der Waals surface area contributed by atoms with E-state index in [4.69, 9.17) is 0 Å². The van der Waals surface area contributed by atoms with Gasteiger partial charge in [-0.2, -0.15) is 0 Å². The van der Waals surface area contributed by atoms with Gasteiger partial charge in [0.25, 0.3) is 0 Å². The summed E-state index contributed by atoms with van der Waals surface area (Å²) >= 11 is 0. The molecule has 132 valence electrons. The number of halogens is 1. The second-order valence-corrected chi connectivity index (χ2v) is 6.76. The molecule has 0 heterocycles. The van der Waals surface area contributed by atoms with Crippen LogP contribution in [-0.4, -0.2) is 18.6 Å². The third kappa shape index (κ3) is 5.31. The number of nitrogens with one attached hydrogen (secondary N) is 2. The van der Waals surface area contributed by atoms with Crippen molar-refractivity contribution in [2.24, 2.45) is 0 Å². The Morgan fingerprint density at radius 2 is 1.72 bits per heavy atom. The first kappa shape index (κ1) is 17.5. The third-order valence-corrected chi connectivity index (χ3v) is 4.84. The maximum absolute atomic E-state index is 12.9. The monoisotopic (exact) mass is 340 g/mol. The summed E-state index contributed by atoms with van der Waals surface area (Å²) in [5.74, 6) is 0.223. The highest BCUT2D eigenvalue weighted by Crippen LogP contribution is 2.36. The first-order valence-corrected chi connectivity index (χ1v) is 9.04. The van der Waals surface area contributed by atoms with Crippen LogP contribution in [0.15, 0.2) is 54.6 Å². The number of unbranched alkanes of at least 4 members (excludes halogenated alkanes) is 1. The van der Waals surface area contributed by atoms with Gasteiger partial charge in [0, 0.05) is 12.6 Å². The summed E-state index contributed by atoms with van der Waals surface area (Å²) in [7, 11) is 0. The Kier molecular flexibility index (Phi) is 6.04. The minimum absolute atomic E-state index is 0.0812. The molecule has 0 radical (unpaired) electrons. The molecule has 2 aromatic rings. The summed E-state index contributed by atoms with van der Waals surface area (Å²) in [6.45, 7) is 0.701. The van der Waals surface area contributed by atoms with E-state index < -0.39 is 0 Å². The molecule has 2 N–H and O–H groups in total. The van der Waals surface area contributed by atoms with Crippen molar-refractivity contribution < 1.29 is 9.18 Å². The van der Waals surface area contributed by atoms with Gasteiger partial charge in [0.15, 0.2) is 0 Å². The van der Waals surface area contributed by atoms with Gasteiger partial charge in [-0.25, -0.2) is 9.18 Å². The smallest absolute Gasteiger partial charge is 0.315 e. The second-order valence-electron chi connectivity index (χ2n) is 6.76. The van der Waals surface area contributed by atoms with E-state index in [9.17, 15) is 9.18 Å². The highest BCUT2D eigenvalue weighted by molar-refractivity contribution is 5.74. The molecule has 0 unspecified atom stereocenters. The van der Waals surface area contributed by atoms with Crippen molar-refractivity contribution in [2.75, 3.05) is 6.54 Å². The molecule has 0 aliphatic heterocycles. The van der Waals surface area contributed by atoms with Crippen molar-refractivity contribution in [1.29, 1.82) is 0 Å². The van der Waals surface area contributed by atoms with Crippen LogP contribution in [0.5, 0.6) is 0 Å². The Hall–Kier alpha value is -2.36. The van der Waals surface area contributed by atoms with Crippen molar-refractivity contribution in [3.05, 3.63) is 71.5 Å². The number of carbonyl (C=O) groups excluding carboxylic acids is 1. The minimum atomic E-state index is -0.204. The molecule has 2 amide bonds. The number of aryl methyl sites for hydroxylation is 1. The molecule has 0 aromatic heterocycles. The predicted octanol–water partition coefficient (Wildman–Crippen LogP) is 4.39. The molecule has 0 spiro atoms. The van der Waals surface area contributed by atoms with Gasteiger partial charge in [0.05, 0.1) is 0 Å². The van der Waals surface area contributed by atoms with Crippen molar-refractivity contribution in [3.8, 4) is 0 Å². The molecule has 3 nitrogen and oxygen atoms in total. The Bertz CT molecular complexity index is 666. The van der Waals surface area contributed by atoms with E-state index >= 15 is 0 Å². The normalized spacial score (nSPS) is 19.1. The van der Waals surface area contributed by atoms with Crippen LogP contribution >= 0.6 is 0 Å². The van der Waals surface area contributed by atoms with Crippen LogP contribution in [0.1, 0.15) is 42.7 Å². The lowest BCUT2D eigenvalue weighted by Gasteiger charge is -2.36. The molecule has 2 aromatic carbocycles. The molecule has 1 saturated carbocycles. The van der Waals surface area contributed by atoms with E-state index in [1.165, 1.54) is 17.7 Å². The molecule has 4 heteroatoms. The number of carbonyl (C=O) groups is 1. The molecule has 1 aliphatic rings. The van der Waals surface area contributed by atoms with E-state index in [1.54, 1.807) is 0 Å². The van der Waals surface area contributed by atoms with Crippen LogP contribution in [0.4, 0.5) is 9.18 Å². The number of rotatable bonds is 7. The number of amides is 2. The van der Waals surface area contributed by atoms with E-state index in [-0.39, 0.29) is 17.9 Å². The molecule has 3 rings (SSSR count). The molecule has 0 saturated heterocycles. The maximum atomic E-state index is 12.9. The lowest BCUT2D eigenvalue weighted by atomic mass is 9.76. The number of hydrogen-bond acceptors (Lipinski definition) is 1. The summed E-state index contributed by atoms with van der Waals surface area (Å²) in [4.78, 5) is 11.9. The van der Waals surface area contributed by atoms with E-state index in [0.717, 1.165) is 37.7 Å². The summed E-state index contributed by atoms with van der Waals surface area (Å²) in [6, 6.07) is 17.2. The summed E-state index contributed by atoms with van der Waals surface area (Å²) in [6.07, 6.45) is 4.94. The van der Waals surface area contributed by atoms with Gasteiger partial charge >= 0.3 is 6.03 Å². The van der Waals surface area contributed by atoms with Crippen LogP contribution in [0.2, 0.25) is 0 Å². The SMILES string of the molecule is O=C(NCCCCc1ccccc1)NC1CC(c2ccc(F)cc2)C1. The molecular formula is C21H25FN2O. The summed E-state index contributed by atoms with van der Waals surface area (Å²) in [5, 5.41) is 5.94. The van der Waals surface area contributed by atoms with Gasteiger partial charge in [-0.05, 0) is 61.3 Å². The molecule has 1 aliphatic carbocycles. The minimum Gasteiger partial charge on any atom is -0.338 e. The van der Waals surface area contributed by atoms with E-state index in [0.29, 0.717) is 12.5 Å². The lowest BCUT2D eigenvalue weighted by Crippen LogP contribution is -2.47. The Balaban J connectivity index is 1.26. The lowest BCUT2D eigenvalue weighted by molar-refractivity contribution is 0.222. The largest absolute Gasteiger partial charge is 0.338 e.